The van der Waals surface area contributed by atoms with E-state index in [1.807, 2.05) is 33.8 Å². The average molecular weight is 287 g/mol. The number of nitrogens with zero attached hydrogens (tertiary/aromatic N) is 1. The van der Waals surface area contributed by atoms with E-state index in [9.17, 15) is 4.39 Å². The number of hydrogen-bond donors (Lipinski definition) is 0. The van der Waals surface area contributed by atoms with Crippen molar-refractivity contribution in [2.45, 2.75) is 57.1 Å². The van der Waals surface area contributed by atoms with E-state index in [2.05, 4.69) is 0 Å². The fraction of sp³-hybridized carbons (Fsp3) is 0.562. The lowest BCUT2D eigenvalue weighted by Gasteiger charge is -2.32. The highest BCUT2D eigenvalue weighted by molar-refractivity contribution is 6.49. The Bertz CT molecular complexity index is 607. The van der Waals surface area contributed by atoms with Crippen LogP contribution in [0.3, 0.4) is 0 Å². The van der Waals surface area contributed by atoms with E-state index in [4.69, 9.17) is 14.6 Å². The van der Waals surface area contributed by atoms with Gasteiger partial charge >= 0.3 is 7.12 Å². The monoisotopic (exact) mass is 287 g/mol. The Morgan fingerprint density at radius 1 is 1.19 bits per heavy atom. The summed E-state index contributed by atoms with van der Waals surface area (Å²) in [5.74, 6) is 0.0884. The minimum absolute atomic E-state index is 0.211. The van der Waals surface area contributed by atoms with Crippen LogP contribution >= 0.6 is 0 Å². The molecule has 1 aromatic rings. The molecule has 2 atom stereocenters. The summed E-state index contributed by atoms with van der Waals surface area (Å²) in [6.07, 6.45) is 0.908. The van der Waals surface area contributed by atoms with Crippen molar-refractivity contribution >= 4 is 7.12 Å². The highest BCUT2D eigenvalue weighted by Gasteiger charge is 2.59. The van der Waals surface area contributed by atoms with Crippen LogP contribution in [0, 0.1) is 17.1 Å². The summed E-state index contributed by atoms with van der Waals surface area (Å²) in [6.45, 7) is 8.11. The van der Waals surface area contributed by atoms with Gasteiger partial charge in [-0.25, -0.2) is 4.39 Å². The van der Waals surface area contributed by atoms with Gasteiger partial charge in [0.15, 0.2) is 0 Å². The van der Waals surface area contributed by atoms with Gasteiger partial charge in [0, 0.05) is 5.82 Å². The summed E-state index contributed by atoms with van der Waals surface area (Å²) in [5, 5.41) is 8.94. The molecule has 2 aliphatic rings. The fourth-order valence-corrected chi connectivity index (χ4v) is 2.85. The molecule has 3 nitrogen and oxygen atoms in total. The molecule has 0 radical (unpaired) electrons. The lowest BCUT2D eigenvalue weighted by Crippen LogP contribution is -2.41. The van der Waals surface area contributed by atoms with Gasteiger partial charge in [-0.1, -0.05) is 0 Å². The molecule has 21 heavy (non-hydrogen) atoms. The van der Waals surface area contributed by atoms with E-state index in [1.165, 1.54) is 12.1 Å². The van der Waals surface area contributed by atoms with Crippen LogP contribution in [0.25, 0.3) is 0 Å². The van der Waals surface area contributed by atoms with Crippen molar-refractivity contribution in [3.8, 4) is 6.07 Å². The van der Waals surface area contributed by atoms with Crippen LogP contribution < -0.4 is 0 Å². The Morgan fingerprint density at radius 3 is 2.38 bits per heavy atom. The van der Waals surface area contributed by atoms with Gasteiger partial charge < -0.3 is 9.31 Å². The number of benzene rings is 1. The Hall–Kier alpha value is -1.38. The zero-order valence-electron chi connectivity index (χ0n) is 12.8. The summed E-state index contributed by atoms with van der Waals surface area (Å²) < 4.78 is 25.6. The van der Waals surface area contributed by atoms with Gasteiger partial charge in [-0.2, -0.15) is 5.26 Å². The van der Waals surface area contributed by atoms with E-state index in [0.29, 0.717) is 5.56 Å². The first-order chi connectivity index (χ1) is 9.73. The molecular formula is C16H19BFNO2. The average Bonchev–Trinajstić information content (AvgIpc) is 3.12. The maximum Gasteiger partial charge on any atom is 0.461 e. The Labute approximate surface area is 125 Å². The zero-order valence-corrected chi connectivity index (χ0v) is 12.8. The van der Waals surface area contributed by atoms with Gasteiger partial charge in [-0.15, -0.1) is 0 Å². The molecule has 1 saturated heterocycles. The van der Waals surface area contributed by atoms with Gasteiger partial charge in [0.2, 0.25) is 0 Å². The molecule has 0 N–H and O–H groups in total. The van der Waals surface area contributed by atoms with E-state index in [0.717, 1.165) is 12.0 Å². The van der Waals surface area contributed by atoms with Gasteiger partial charge in [-0.3, -0.25) is 0 Å². The second kappa shape index (κ2) is 4.56. The van der Waals surface area contributed by atoms with Crippen LogP contribution in [0.15, 0.2) is 18.2 Å². The van der Waals surface area contributed by atoms with Crippen LogP contribution in [0.2, 0.25) is 5.82 Å². The highest BCUT2D eigenvalue weighted by Crippen LogP contribution is 2.58. The van der Waals surface area contributed by atoms with Crippen LogP contribution in [0.4, 0.5) is 4.39 Å². The topological polar surface area (TPSA) is 42.2 Å². The first-order valence-electron chi connectivity index (χ1n) is 7.30. The van der Waals surface area contributed by atoms with Crippen LogP contribution in [-0.2, 0) is 9.31 Å². The third-order valence-corrected chi connectivity index (χ3v) is 4.94. The fourth-order valence-electron chi connectivity index (χ4n) is 2.85. The SMILES string of the molecule is CC1(C)OB(C2CC2c2cc(F)cc(C#N)c2)OC1(C)C. The molecule has 0 aromatic heterocycles. The Balaban J connectivity index is 1.76. The van der Waals surface area contributed by atoms with Gasteiger partial charge in [0.1, 0.15) is 5.82 Å². The first-order valence-corrected chi connectivity index (χ1v) is 7.30. The first kappa shape index (κ1) is 14.6. The van der Waals surface area contributed by atoms with Crippen LogP contribution in [0.5, 0.6) is 0 Å². The third kappa shape index (κ3) is 2.47. The molecule has 1 aromatic carbocycles. The van der Waals surface area contributed by atoms with E-state index >= 15 is 0 Å². The molecule has 1 aliphatic heterocycles. The standard InChI is InChI=1S/C16H19BFNO2/c1-15(2)16(3,4)21-17(20-15)14-8-13(14)11-5-10(9-19)6-12(18)7-11/h5-7,13-14H,8H2,1-4H3. The lowest BCUT2D eigenvalue weighted by molar-refractivity contribution is 0.00578. The van der Waals surface area contributed by atoms with Crippen molar-refractivity contribution in [1.29, 1.82) is 5.26 Å². The van der Waals surface area contributed by atoms with Crippen LogP contribution in [0.1, 0.15) is 51.2 Å². The van der Waals surface area contributed by atoms with E-state index in [-0.39, 0.29) is 35.9 Å². The van der Waals surface area contributed by atoms with Crippen molar-refractivity contribution in [2.75, 3.05) is 0 Å². The number of halogens is 1. The summed E-state index contributed by atoms with van der Waals surface area (Å²) in [6, 6.07) is 6.53. The van der Waals surface area contributed by atoms with Crippen LogP contribution in [-0.4, -0.2) is 18.3 Å². The molecule has 0 bridgehead atoms. The number of hydrogen-bond acceptors (Lipinski definition) is 3. The van der Waals surface area contributed by atoms with Crippen molar-refractivity contribution < 1.29 is 13.7 Å². The van der Waals surface area contributed by atoms with Crippen molar-refractivity contribution in [1.82, 2.24) is 0 Å². The van der Waals surface area contributed by atoms with Gasteiger partial charge in [0.25, 0.3) is 0 Å². The van der Waals surface area contributed by atoms with E-state index in [1.54, 1.807) is 6.07 Å². The smallest absolute Gasteiger partial charge is 0.403 e. The summed E-state index contributed by atoms with van der Waals surface area (Å²) in [5.41, 5.74) is 0.547. The van der Waals surface area contributed by atoms with Crippen molar-refractivity contribution in [3.63, 3.8) is 0 Å². The largest absolute Gasteiger partial charge is 0.461 e. The second-order valence-electron chi connectivity index (χ2n) is 7.02. The molecule has 1 saturated carbocycles. The number of rotatable bonds is 2. The molecule has 1 heterocycles. The quantitative estimate of drug-likeness (QED) is 0.780. The summed E-state index contributed by atoms with van der Waals surface area (Å²) >= 11 is 0. The normalized spacial score (nSPS) is 29.2. The van der Waals surface area contributed by atoms with Crippen molar-refractivity contribution in [2.24, 2.45) is 0 Å². The minimum Gasteiger partial charge on any atom is -0.403 e. The molecule has 110 valence electrons. The zero-order chi connectivity index (χ0) is 15.4. The molecule has 3 rings (SSSR count). The molecule has 2 unspecified atom stereocenters. The van der Waals surface area contributed by atoms with Crippen molar-refractivity contribution in [3.05, 3.63) is 35.1 Å². The Kier molecular flexibility index (Phi) is 3.16. The highest BCUT2D eigenvalue weighted by atomic mass is 19.1. The minimum atomic E-state index is -0.358. The predicted octanol–water partition coefficient (Wildman–Crippen LogP) is 3.65. The number of nitriles is 1. The molecule has 1 aliphatic carbocycles. The van der Waals surface area contributed by atoms with E-state index < -0.39 is 0 Å². The summed E-state index contributed by atoms with van der Waals surface area (Å²) in [7, 11) is -0.256. The predicted molar refractivity (Wildman–Crippen MR) is 78.3 cm³/mol. The molecule has 5 heteroatoms. The maximum atomic E-state index is 13.5. The van der Waals surface area contributed by atoms with Gasteiger partial charge in [0.05, 0.1) is 22.8 Å². The van der Waals surface area contributed by atoms with Gasteiger partial charge in [-0.05, 0) is 63.8 Å². The summed E-state index contributed by atoms with van der Waals surface area (Å²) in [4.78, 5) is 0. The Morgan fingerprint density at radius 2 is 1.81 bits per heavy atom. The molecular weight excluding hydrogens is 268 g/mol. The molecule has 0 amide bonds. The molecule has 2 fully saturated rings. The third-order valence-electron chi connectivity index (χ3n) is 4.94. The molecule has 0 spiro atoms. The maximum absolute atomic E-state index is 13.5. The lowest BCUT2D eigenvalue weighted by atomic mass is 9.79. The second-order valence-corrected chi connectivity index (χ2v) is 7.02.